The van der Waals surface area contributed by atoms with Gasteiger partial charge in [-0.2, -0.15) is 0 Å². The monoisotopic (exact) mass is 257 g/mol. The number of carboxylic acid groups (broad SMARTS) is 1. The maximum absolute atomic E-state index is 12.0. The quantitative estimate of drug-likeness (QED) is 0.646. The van der Waals surface area contributed by atoms with Gasteiger partial charge in [0.05, 0.1) is 0 Å². The molecule has 0 unspecified atom stereocenters. The lowest BCUT2D eigenvalue weighted by molar-refractivity contribution is -0.137. The molecule has 4 heteroatoms. The van der Waals surface area contributed by atoms with E-state index in [1.165, 1.54) is 0 Å². The average Bonchev–Trinajstić information content (AvgIpc) is 2.21. The van der Waals surface area contributed by atoms with Gasteiger partial charge in [0.25, 0.3) is 0 Å². The van der Waals surface area contributed by atoms with Gasteiger partial charge in [-0.1, -0.05) is 27.7 Å². The molecule has 1 amide bonds. The van der Waals surface area contributed by atoms with Crippen LogP contribution in [0.4, 0.5) is 0 Å². The van der Waals surface area contributed by atoms with E-state index >= 15 is 0 Å². The molecule has 0 aromatic rings. The van der Waals surface area contributed by atoms with Crippen molar-refractivity contribution in [3.05, 3.63) is 0 Å². The highest BCUT2D eigenvalue weighted by molar-refractivity contribution is 5.76. The predicted molar refractivity (Wildman–Crippen MR) is 72.4 cm³/mol. The van der Waals surface area contributed by atoms with Crippen LogP contribution in [0.5, 0.6) is 0 Å². The fourth-order valence-electron chi connectivity index (χ4n) is 1.87. The fourth-order valence-corrected chi connectivity index (χ4v) is 1.87. The molecule has 4 nitrogen and oxygen atoms in total. The van der Waals surface area contributed by atoms with Crippen LogP contribution >= 0.6 is 0 Å². The van der Waals surface area contributed by atoms with Gasteiger partial charge in [0, 0.05) is 25.9 Å². The molecule has 18 heavy (non-hydrogen) atoms. The SMILES string of the molecule is CC(C)CN(CC(C)C)C(=O)CCCCC(=O)O. The van der Waals surface area contributed by atoms with Crippen LogP contribution in [-0.2, 0) is 9.59 Å². The first-order chi connectivity index (χ1) is 8.32. The van der Waals surface area contributed by atoms with Gasteiger partial charge in [0.2, 0.25) is 5.91 Å². The number of rotatable bonds is 9. The molecule has 0 atom stereocenters. The van der Waals surface area contributed by atoms with Crippen LogP contribution in [0.2, 0.25) is 0 Å². The minimum Gasteiger partial charge on any atom is -0.481 e. The molecule has 0 aromatic heterocycles. The molecular formula is C14H27NO3. The molecule has 0 fully saturated rings. The molecule has 0 aromatic carbocycles. The van der Waals surface area contributed by atoms with Crippen molar-refractivity contribution in [2.75, 3.05) is 13.1 Å². The van der Waals surface area contributed by atoms with E-state index in [1.54, 1.807) is 0 Å². The van der Waals surface area contributed by atoms with Crippen molar-refractivity contribution in [3.63, 3.8) is 0 Å². The summed E-state index contributed by atoms with van der Waals surface area (Å²) in [7, 11) is 0. The van der Waals surface area contributed by atoms with E-state index in [9.17, 15) is 9.59 Å². The molecule has 1 N–H and O–H groups in total. The second-order valence-electron chi connectivity index (χ2n) is 5.69. The van der Waals surface area contributed by atoms with Gasteiger partial charge in [-0.3, -0.25) is 9.59 Å². The van der Waals surface area contributed by atoms with Crippen molar-refractivity contribution in [1.82, 2.24) is 4.90 Å². The summed E-state index contributed by atoms with van der Waals surface area (Å²) in [6, 6.07) is 0. The minimum absolute atomic E-state index is 0.154. The standard InChI is InChI=1S/C14H27NO3/c1-11(2)9-15(10-12(3)4)13(16)7-5-6-8-14(17)18/h11-12H,5-10H2,1-4H3,(H,17,18). The third-order valence-electron chi connectivity index (χ3n) is 2.56. The normalized spacial score (nSPS) is 11.0. The van der Waals surface area contributed by atoms with Crippen molar-refractivity contribution in [2.45, 2.75) is 53.4 Å². The Bertz CT molecular complexity index is 252. The molecule has 0 aliphatic rings. The molecule has 0 aliphatic heterocycles. The molecule has 106 valence electrons. The zero-order chi connectivity index (χ0) is 14.1. The third kappa shape index (κ3) is 9.02. The number of carbonyl (C=O) groups is 2. The van der Waals surface area contributed by atoms with Crippen LogP contribution in [0.15, 0.2) is 0 Å². The third-order valence-corrected chi connectivity index (χ3v) is 2.56. The highest BCUT2D eigenvalue weighted by atomic mass is 16.4. The number of hydrogen-bond acceptors (Lipinski definition) is 2. The summed E-state index contributed by atoms with van der Waals surface area (Å²) in [6.07, 6.45) is 1.87. The largest absolute Gasteiger partial charge is 0.481 e. The lowest BCUT2D eigenvalue weighted by Crippen LogP contribution is -2.36. The van der Waals surface area contributed by atoms with E-state index in [1.807, 2.05) is 4.90 Å². The number of amides is 1. The van der Waals surface area contributed by atoms with E-state index in [-0.39, 0.29) is 12.3 Å². The molecule has 0 saturated carbocycles. The van der Waals surface area contributed by atoms with Gasteiger partial charge < -0.3 is 10.0 Å². The van der Waals surface area contributed by atoms with Gasteiger partial charge >= 0.3 is 5.97 Å². The first-order valence-corrected chi connectivity index (χ1v) is 6.82. The Balaban J connectivity index is 4.08. The zero-order valence-electron chi connectivity index (χ0n) is 12.1. The van der Waals surface area contributed by atoms with Crippen LogP contribution in [0.1, 0.15) is 53.4 Å². The Morgan fingerprint density at radius 2 is 1.39 bits per heavy atom. The van der Waals surface area contributed by atoms with E-state index in [2.05, 4.69) is 27.7 Å². The number of hydrogen-bond donors (Lipinski definition) is 1. The smallest absolute Gasteiger partial charge is 0.303 e. The lowest BCUT2D eigenvalue weighted by atomic mass is 10.1. The Kier molecular flexibility index (Phi) is 8.42. The van der Waals surface area contributed by atoms with Gasteiger partial charge in [0.15, 0.2) is 0 Å². The molecule has 0 saturated heterocycles. The highest BCUT2D eigenvalue weighted by Crippen LogP contribution is 2.09. The summed E-state index contributed by atoms with van der Waals surface area (Å²) < 4.78 is 0. The van der Waals surface area contributed by atoms with Gasteiger partial charge in [-0.15, -0.1) is 0 Å². The number of unbranched alkanes of at least 4 members (excludes halogenated alkanes) is 1. The number of carbonyl (C=O) groups excluding carboxylic acids is 1. The van der Waals surface area contributed by atoms with E-state index < -0.39 is 5.97 Å². The van der Waals surface area contributed by atoms with E-state index in [4.69, 9.17) is 5.11 Å². The van der Waals surface area contributed by atoms with Crippen molar-refractivity contribution in [1.29, 1.82) is 0 Å². The molecule has 0 aliphatic carbocycles. The van der Waals surface area contributed by atoms with Crippen LogP contribution in [0.25, 0.3) is 0 Å². The summed E-state index contributed by atoms with van der Waals surface area (Å²) in [6.45, 7) is 9.98. The molecule has 0 bridgehead atoms. The van der Waals surface area contributed by atoms with Crippen molar-refractivity contribution in [3.8, 4) is 0 Å². The Morgan fingerprint density at radius 3 is 1.78 bits per heavy atom. The Labute approximate surface area is 110 Å². The van der Waals surface area contributed by atoms with Crippen LogP contribution in [0.3, 0.4) is 0 Å². The average molecular weight is 257 g/mol. The van der Waals surface area contributed by atoms with E-state index in [0.29, 0.717) is 31.1 Å². The molecule has 0 radical (unpaired) electrons. The van der Waals surface area contributed by atoms with Gasteiger partial charge in [-0.25, -0.2) is 0 Å². The summed E-state index contributed by atoms with van der Waals surface area (Å²) >= 11 is 0. The molecular weight excluding hydrogens is 230 g/mol. The van der Waals surface area contributed by atoms with Gasteiger partial charge in [-0.05, 0) is 24.7 Å². The van der Waals surface area contributed by atoms with Crippen molar-refractivity contribution >= 4 is 11.9 Å². The Morgan fingerprint density at radius 1 is 0.944 bits per heavy atom. The lowest BCUT2D eigenvalue weighted by Gasteiger charge is -2.26. The summed E-state index contributed by atoms with van der Waals surface area (Å²) in [5, 5.41) is 8.53. The molecule has 0 heterocycles. The first-order valence-electron chi connectivity index (χ1n) is 6.82. The van der Waals surface area contributed by atoms with Crippen molar-refractivity contribution < 1.29 is 14.7 Å². The number of nitrogens with zero attached hydrogens (tertiary/aromatic N) is 1. The second kappa shape index (κ2) is 8.95. The second-order valence-corrected chi connectivity index (χ2v) is 5.69. The number of carboxylic acids is 1. The maximum atomic E-state index is 12.0. The van der Waals surface area contributed by atoms with Crippen molar-refractivity contribution in [2.24, 2.45) is 11.8 Å². The number of aliphatic carboxylic acids is 1. The summed E-state index contributed by atoms with van der Waals surface area (Å²) in [5.41, 5.74) is 0. The fraction of sp³-hybridized carbons (Fsp3) is 0.857. The van der Waals surface area contributed by atoms with Gasteiger partial charge in [0.1, 0.15) is 0 Å². The summed E-state index contributed by atoms with van der Waals surface area (Å²) in [5.74, 6) is 0.296. The van der Waals surface area contributed by atoms with E-state index in [0.717, 1.165) is 13.1 Å². The molecule has 0 rings (SSSR count). The maximum Gasteiger partial charge on any atom is 0.303 e. The molecule has 0 spiro atoms. The Hall–Kier alpha value is -1.06. The summed E-state index contributed by atoms with van der Waals surface area (Å²) in [4.78, 5) is 24.3. The topological polar surface area (TPSA) is 57.6 Å². The minimum atomic E-state index is -0.788. The first kappa shape index (κ1) is 16.9. The van der Waals surface area contributed by atoms with Crippen LogP contribution in [-0.4, -0.2) is 35.0 Å². The van der Waals surface area contributed by atoms with Crippen LogP contribution < -0.4 is 0 Å². The predicted octanol–water partition coefficient (Wildman–Crippen LogP) is 2.77. The highest BCUT2D eigenvalue weighted by Gasteiger charge is 2.15. The zero-order valence-corrected chi connectivity index (χ0v) is 12.1. The van der Waals surface area contributed by atoms with Crippen LogP contribution in [0, 0.1) is 11.8 Å².